The highest BCUT2D eigenvalue weighted by Gasteiger charge is 2.43. The van der Waals surface area contributed by atoms with Gasteiger partial charge in [0, 0.05) is 17.2 Å². The Morgan fingerprint density at radius 1 is 0.833 bits per heavy atom. The summed E-state index contributed by atoms with van der Waals surface area (Å²) in [5, 5.41) is 50.4. The van der Waals surface area contributed by atoms with E-state index in [-0.39, 0.29) is 33.8 Å². The van der Waals surface area contributed by atoms with E-state index in [0.717, 1.165) is 6.07 Å². The topological polar surface area (TPSA) is 154 Å². The van der Waals surface area contributed by atoms with Gasteiger partial charge >= 0.3 is 0 Å². The number of hydrogen-bond donors (Lipinski definition) is 5. The third-order valence-corrected chi connectivity index (χ3v) is 5.36. The van der Waals surface area contributed by atoms with Gasteiger partial charge in [0.05, 0.1) is 17.2 Å². The first-order chi connectivity index (χ1) is 14.1. The monoisotopic (exact) mass is 416 g/mol. The second-order valence-corrected chi connectivity index (χ2v) is 7.53. The fourth-order valence-electron chi connectivity index (χ4n) is 3.79. The summed E-state index contributed by atoms with van der Waals surface area (Å²) in [5.41, 5.74) is -0.00573. The van der Waals surface area contributed by atoms with E-state index in [1.165, 1.54) is 25.1 Å². The minimum atomic E-state index is -1.59. The van der Waals surface area contributed by atoms with Crippen LogP contribution < -0.4 is 4.74 Å². The molecular weight excluding hydrogens is 396 g/mol. The van der Waals surface area contributed by atoms with Gasteiger partial charge in [0.15, 0.2) is 5.78 Å². The van der Waals surface area contributed by atoms with Crippen molar-refractivity contribution < 1.29 is 44.6 Å². The summed E-state index contributed by atoms with van der Waals surface area (Å²) in [6, 6.07) is 5.11. The van der Waals surface area contributed by atoms with Crippen LogP contribution in [0, 0.1) is 6.92 Å². The summed E-state index contributed by atoms with van der Waals surface area (Å²) in [4.78, 5) is 25.8. The number of aliphatic hydroxyl groups is 3. The molecule has 1 aliphatic carbocycles. The van der Waals surface area contributed by atoms with E-state index in [4.69, 9.17) is 9.47 Å². The van der Waals surface area contributed by atoms with Gasteiger partial charge in [-0.05, 0) is 37.6 Å². The van der Waals surface area contributed by atoms with Crippen LogP contribution in [0.5, 0.6) is 17.2 Å². The van der Waals surface area contributed by atoms with Crippen LogP contribution in [0.15, 0.2) is 24.3 Å². The lowest BCUT2D eigenvalue weighted by atomic mass is 9.82. The molecule has 9 nitrogen and oxygen atoms in total. The lowest BCUT2D eigenvalue weighted by molar-refractivity contribution is -0.268. The smallest absolute Gasteiger partial charge is 0.229 e. The fraction of sp³-hybridized carbons (Fsp3) is 0.333. The molecule has 0 aromatic heterocycles. The lowest BCUT2D eigenvalue weighted by Crippen LogP contribution is -2.58. The molecule has 5 N–H and O–H groups in total. The SMILES string of the molecule is Cc1cc(O)c2c(c1)C(=O)c1cc(O[C@H]3O[C@@H](C)[C@H](O)[C@H](O)[C@@H]3O)cc(O)c1C2=O. The Hall–Kier alpha value is -2.98. The Balaban J connectivity index is 1.73. The first kappa shape index (κ1) is 20.3. The first-order valence-corrected chi connectivity index (χ1v) is 9.26. The second kappa shape index (κ2) is 7.06. The van der Waals surface area contributed by atoms with Crippen molar-refractivity contribution in [2.45, 2.75) is 44.6 Å². The van der Waals surface area contributed by atoms with Gasteiger partial charge in [-0.1, -0.05) is 0 Å². The summed E-state index contributed by atoms with van der Waals surface area (Å²) in [6.45, 7) is 3.14. The van der Waals surface area contributed by atoms with Crippen LogP contribution in [-0.2, 0) is 4.74 Å². The van der Waals surface area contributed by atoms with Gasteiger partial charge in [0.1, 0.15) is 35.6 Å². The van der Waals surface area contributed by atoms with Gasteiger partial charge in [-0.25, -0.2) is 0 Å². The summed E-state index contributed by atoms with van der Waals surface area (Å²) >= 11 is 0. The zero-order valence-corrected chi connectivity index (χ0v) is 16.1. The number of fused-ring (bicyclic) bond motifs is 2. The normalized spacial score (nSPS) is 28.1. The van der Waals surface area contributed by atoms with Crippen molar-refractivity contribution in [3.8, 4) is 17.2 Å². The van der Waals surface area contributed by atoms with Crippen LogP contribution >= 0.6 is 0 Å². The average Bonchev–Trinajstić information content (AvgIpc) is 2.67. The zero-order chi connectivity index (χ0) is 21.9. The summed E-state index contributed by atoms with van der Waals surface area (Å²) < 4.78 is 10.9. The van der Waals surface area contributed by atoms with Crippen LogP contribution in [0.3, 0.4) is 0 Å². The van der Waals surface area contributed by atoms with Crippen molar-refractivity contribution in [2.24, 2.45) is 0 Å². The van der Waals surface area contributed by atoms with E-state index in [9.17, 15) is 35.1 Å². The number of hydrogen-bond acceptors (Lipinski definition) is 9. The Labute approximate surface area is 170 Å². The highest BCUT2D eigenvalue weighted by molar-refractivity contribution is 6.30. The van der Waals surface area contributed by atoms with E-state index in [2.05, 4.69) is 0 Å². The van der Waals surface area contributed by atoms with Crippen molar-refractivity contribution in [2.75, 3.05) is 0 Å². The molecule has 0 amide bonds. The number of benzene rings is 2. The maximum Gasteiger partial charge on any atom is 0.229 e. The predicted molar refractivity (Wildman–Crippen MR) is 101 cm³/mol. The van der Waals surface area contributed by atoms with Crippen LogP contribution in [-0.4, -0.2) is 67.8 Å². The molecule has 30 heavy (non-hydrogen) atoms. The molecule has 0 saturated carbocycles. The number of aromatic hydroxyl groups is 2. The number of ketones is 2. The van der Waals surface area contributed by atoms with Gasteiger partial charge in [0.25, 0.3) is 0 Å². The van der Waals surface area contributed by atoms with E-state index in [1.54, 1.807) is 6.92 Å². The van der Waals surface area contributed by atoms with Crippen molar-refractivity contribution in [1.82, 2.24) is 0 Å². The Kier molecular flexibility index (Phi) is 4.78. The molecule has 9 heteroatoms. The van der Waals surface area contributed by atoms with Crippen LogP contribution in [0.4, 0.5) is 0 Å². The molecule has 0 radical (unpaired) electrons. The quantitative estimate of drug-likeness (QED) is 0.399. The largest absolute Gasteiger partial charge is 0.507 e. The molecule has 5 atom stereocenters. The molecule has 158 valence electrons. The van der Waals surface area contributed by atoms with Gasteiger partial charge in [-0.15, -0.1) is 0 Å². The highest BCUT2D eigenvalue weighted by atomic mass is 16.7. The molecular formula is C21H20O9. The minimum absolute atomic E-state index is 0.00247. The van der Waals surface area contributed by atoms with E-state index >= 15 is 0 Å². The molecule has 1 saturated heterocycles. The van der Waals surface area contributed by atoms with E-state index in [0.29, 0.717) is 5.56 Å². The predicted octanol–water partition coefficient (Wildman–Crippen LogP) is 0.388. The van der Waals surface area contributed by atoms with Gasteiger partial charge < -0.3 is 35.0 Å². The molecule has 1 heterocycles. The third-order valence-electron chi connectivity index (χ3n) is 5.36. The molecule has 1 fully saturated rings. The number of ether oxygens (including phenoxy) is 2. The average molecular weight is 416 g/mol. The molecule has 0 spiro atoms. The van der Waals surface area contributed by atoms with Gasteiger partial charge in [-0.2, -0.15) is 0 Å². The number of phenolic OH excluding ortho intramolecular Hbond substituents is 2. The summed E-state index contributed by atoms with van der Waals surface area (Å²) in [5.74, 6) is -2.29. The maximum absolute atomic E-state index is 13.0. The van der Waals surface area contributed by atoms with Gasteiger partial charge in [-0.3, -0.25) is 9.59 Å². The number of carbonyl (C=O) groups excluding carboxylic acids is 2. The van der Waals surface area contributed by atoms with Crippen LogP contribution in [0.25, 0.3) is 0 Å². The maximum atomic E-state index is 13.0. The van der Waals surface area contributed by atoms with E-state index < -0.39 is 48.0 Å². The standard InChI is InChI=1S/C21H20O9/c1-7-3-10-14(12(22)4-7)18(26)15-11(17(10)25)5-9(6-13(15)23)30-21-20(28)19(27)16(24)8(2)29-21/h3-6,8,16,19-24,27-28H,1-2H3/t8-,16-,19-,20-,21+/m0/s1. The molecule has 0 bridgehead atoms. The lowest BCUT2D eigenvalue weighted by Gasteiger charge is -2.39. The Morgan fingerprint density at radius 2 is 1.43 bits per heavy atom. The first-order valence-electron chi connectivity index (χ1n) is 9.26. The van der Waals surface area contributed by atoms with Crippen LogP contribution in [0.1, 0.15) is 44.3 Å². The molecule has 2 aromatic carbocycles. The van der Waals surface area contributed by atoms with Crippen molar-refractivity contribution in [3.63, 3.8) is 0 Å². The molecule has 2 aliphatic rings. The van der Waals surface area contributed by atoms with Crippen LogP contribution in [0.2, 0.25) is 0 Å². The molecule has 0 unspecified atom stereocenters. The number of carbonyl (C=O) groups is 2. The number of phenols is 2. The molecule has 4 rings (SSSR count). The summed E-state index contributed by atoms with van der Waals surface area (Å²) in [7, 11) is 0. The molecule has 2 aromatic rings. The Bertz CT molecular complexity index is 1060. The molecule has 1 aliphatic heterocycles. The number of rotatable bonds is 2. The summed E-state index contributed by atoms with van der Waals surface area (Å²) in [6.07, 6.45) is -6.66. The number of aliphatic hydroxyl groups excluding tert-OH is 3. The minimum Gasteiger partial charge on any atom is -0.507 e. The fourth-order valence-corrected chi connectivity index (χ4v) is 3.79. The van der Waals surface area contributed by atoms with Crippen molar-refractivity contribution in [3.05, 3.63) is 52.1 Å². The Morgan fingerprint density at radius 3 is 2.10 bits per heavy atom. The number of aryl methyl sites for hydroxylation is 1. The zero-order valence-electron chi connectivity index (χ0n) is 16.1. The van der Waals surface area contributed by atoms with Crippen molar-refractivity contribution >= 4 is 11.6 Å². The van der Waals surface area contributed by atoms with Crippen molar-refractivity contribution in [1.29, 1.82) is 0 Å². The highest BCUT2D eigenvalue weighted by Crippen LogP contribution is 2.40. The van der Waals surface area contributed by atoms with E-state index in [1.807, 2.05) is 0 Å². The second-order valence-electron chi connectivity index (χ2n) is 7.53. The third kappa shape index (κ3) is 3.03. The van der Waals surface area contributed by atoms with Gasteiger partial charge in [0.2, 0.25) is 12.1 Å².